The second kappa shape index (κ2) is 6.71. The molecule has 2 heterocycles. The first kappa shape index (κ1) is 18.1. The molecule has 1 aromatic rings. The maximum Gasteiger partial charge on any atom is 0.238 e. The van der Waals surface area contributed by atoms with Crippen LogP contribution in [0.1, 0.15) is 42.5 Å². The number of amides is 2. The molecule has 0 aromatic heterocycles. The van der Waals surface area contributed by atoms with Crippen LogP contribution in [-0.4, -0.2) is 33.7 Å². The number of Topliss-reactive ketones (excluding diaryl/α,β-unsaturated/α-hetero) is 1. The standard InChI is InChI=1S/C20H20N2O4S/c21-14-12-17(24)22-18(25)13(20(12)9-5-2-6-10-20)19(26)27-16(14)15(23)11-7-3-1-4-8-11/h1,3-4,7-8,12-13,16,21H,2,5-6,9-10H2,(H,22,24,25). The van der Waals surface area contributed by atoms with E-state index in [1.165, 1.54) is 0 Å². The fraction of sp³-hybridized carbons (Fsp3) is 0.450. The van der Waals surface area contributed by atoms with Crippen molar-refractivity contribution in [2.24, 2.45) is 17.3 Å². The van der Waals surface area contributed by atoms with Crippen LogP contribution in [0, 0.1) is 22.7 Å². The van der Waals surface area contributed by atoms with E-state index in [4.69, 9.17) is 5.41 Å². The smallest absolute Gasteiger partial charge is 0.238 e. The molecule has 4 rings (SSSR count). The highest BCUT2D eigenvalue weighted by Gasteiger charge is 2.63. The molecule has 2 N–H and O–H groups in total. The predicted molar refractivity (Wildman–Crippen MR) is 101 cm³/mol. The Kier molecular flexibility index (Phi) is 4.50. The summed E-state index contributed by atoms with van der Waals surface area (Å²) in [6, 6.07) is 8.50. The Labute approximate surface area is 161 Å². The van der Waals surface area contributed by atoms with Crippen molar-refractivity contribution >= 4 is 40.2 Å². The molecule has 2 aliphatic heterocycles. The molecule has 1 aromatic carbocycles. The van der Waals surface area contributed by atoms with E-state index in [1.54, 1.807) is 30.3 Å². The van der Waals surface area contributed by atoms with E-state index >= 15 is 0 Å². The van der Waals surface area contributed by atoms with Gasteiger partial charge < -0.3 is 5.41 Å². The van der Waals surface area contributed by atoms with Gasteiger partial charge in [0.2, 0.25) is 16.9 Å². The van der Waals surface area contributed by atoms with E-state index in [9.17, 15) is 19.2 Å². The summed E-state index contributed by atoms with van der Waals surface area (Å²) in [5.74, 6) is -3.35. The second-order valence-electron chi connectivity index (χ2n) is 7.52. The number of hydrogen-bond donors (Lipinski definition) is 2. The topological polar surface area (TPSA) is 104 Å². The van der Waals surface area contributed by atoms with Gasteiger partial charge in [-0.3, -0.25) is 24.5 Å². The molecule has 3 fully saturated rings. The molecule has 1 saturated carbocycles. The van der Waals surface area contributed by atoms with E-state index in [0.717, 1.165) is 31.0 Å². The van der Waals surface area contributed by atoms with Crippen molar-refractivity contribution in [3.8, 4) is 0 Å². The Balaban J connectivity index is 1.81. The molecule has 3 unspecified atom stereocenters. The van der Waals surface area contributed by atoms with Crippen molar-refractivity contribution in [3.05, 3.63) is 35.9 Å². The number of piperidine rings is 1. The van der Waals surface area contributed by atoms with Crippen molar-refractivity contribution in [2.75, 3.05) is 0 Å². The molecule has 3 atom stereocenters. The molecule has 27 heavy (non-hydrogen) atoms. The van der Waals surface area contributed by atoms with Crippen LogP contribution in [-0.2, 0) is 14.4 Å². The van der Waals surface area contributed by atoms with Gasteiger partial charge in [-0.2, -0.15) is 0 Å². The lowest BCUT2D eigenvalue weighted by atomic mass is 9.55. The van der Waals surface area contributed by atoms with Crippen molar-refractivity contribution in [3.63, 3.8) is 0 Å². The lowest BCUT2D eigenvalue weighted by Crippen LogP contribution is -2.62. The van der Waals surface area contributed by atoms with Crippen LogP contribution in [0.4, 0.5) is 0 Å². The fourth-order valence-electron chi connectivity index (χ4n) is 4.88. The average molecular weight is 384 g/mol. The normalized spacial score (nSPS) is 30.0. The summed E-state index contributed by atoms with van der Waals surface area (Å²) < 4.78 is 0. The third-order valence-electron chi connectivity index (χ3n) is 6.06. The van der Waals surface area contributed by atoms with Gasteiger partial charge in [-0.25, -0.2) is 0 Å². The Morgan fingerprint density at radius 1 is 1.00 bits per heavy atom. The summed E-state index contributed by atoms with van der Waals surface area (Å²) in [6.45, 7) is 0. The Bertz CT molecular complexity index is 845. The summed E-state index contributed by atoms with van der Waals surface area (Å²) in [7, 11) is 0. The van der Waals surface area contributed by atoms with Crippen LogP contribution in [0.2, 0.25) is 0 Å². The maximum atomic E-state index is 13.0. The van der Waals surface area contributed by atoms with Gasteiger partial charge in [-0.05, 0) is 12.8 Å². The van der Waals surface area contributed by atoms with E-state index < -0.39 is 39.4 Å². The zero-order chi connectivity index (χ0) is 19.2. The molecule has 7 heteroatoms. The summed E-state index contributed by atoms with van der Waals surface area (Å²) in [5.41, 5.74) is -0.505. The number of ketones is 1. The summed E-state index contributed by atoms with van der Waals surface area (Å²) in [4.78, 5) is 51.4. The zero-order valence-electron chi connectivity index (χ0n) is 14.7. The van der Waals surface area contributed by atoms with Gasteiger partial charge in [-0.1, -0.05) is 61.4 Å². The maximum absolute atomic E-state index is 13.0. The number of carbonyl (C=O) groups is 4. The summed E-state index contributed by atoms with van der Waals surface area (Å²) >= 11 is 0.742. The molecule has 0 radical (unpaired) electrons. The fourth-order valence-corrected chi connectivity index (χ4v) is 6.10. The lowest BCUT2D eigenvalue weighted by molar-refractivity contribution is -0.151. The minimum absolute atomic E-state index is 0.0448. The van der Waals surface area contributed by atoms with Gasteiger partial charge in [0.25, 0.3) is 0 Å². The number of benzene rings is 1. The van der Waals surface area contributed by atoms with E-state index in [2.05, 4.69) is 5.32 Å². The van der Waals surface area contributed by atoms with E-state index in [1.807, 2.05) is 0 Å². The highest BCUT2D eigenvalue weighted by atomic mass is 32.2. The molecule has 2 amide bonds. The molecule has 3 aliphatic rings. The number of carbonyl (C=O) groups excluding carboxylic acids is 4. The number of hydrogen-bond acceptors (Lipinski definition) is 6. The number of rotatable bonds is 2. The van der Waals surface area contributed by atoms with Crippen LogP contribution in [0.15, 0.2) is 30.3 Å². The van der Waals surface area contributed by atoms with Crippen LogP contribution in [0.5, 0.6) is 0 Å². The van der Waals surface area contributed by atoms with Crippen molar-refractivity contribution in [1.29, 1.82) is 5.41 Å². The highest BCUT2D eigenvalue weighted by Crippen LogP contribution is 2.55. The van der Waals surface area contributed by atoms with Gasteiger partial charge in [-0.15, -0.1) is 0 Å². The van der Waals surface area contributed by atoms with Gasteiger partial charge in [0.15, 0.2) is 5.78 Å². The van der Waals surface area contributed by atoms with Crippen molar-refractivity contribution < 1.29 is 19.2 Å². The van der Waals surface area contributed by atoms with E-state index in [-0.39, 0.29) is 11.5 Å². The summed E-state index contributed by atoms with van der Waals surface area (Å²) in [5, 5.41) is 9.55. The number of nitrogens with one attached hydrogen (secondary N) is 2. The minimum atomic E-state index is -1.06. The van der Waals surface area contributed by atoms with Crippen LogP contribution in [0.25, 0.3) is 0 Å². The lowest BCUT2D eigenvalue weighted by Gasteiger charge is -2.48. The third-order valence-corrected chi connectivity index (χ3v) is 7.24. The zero-order valence-corrected chi connectivity index (χ0v) is 15.5. The molecule has 2 bridgehead atoms. The van der Waals surface area contributed by atoms with Crippen LogP contribution >= 0.6 is 11.8 Å². The third kappa shape index (κ3) is 2.76. The predicted octanol–water partition coefficient (Wildman–Crippen LogP) is 2.37. The molecular formula is C20H20N2O4S. The SMILES string of the molecule is N=C1C(C(=O)c2ccccc2)SC(=O)C2C(=O)NC(=O)C1C21CCCCC1. The first-order valence-corrected chi connectivity index (χ1v) is 10.1. The summed E-state index contributed by atoms with van der Waals surface area (Å²) in [6.07, 6.45) is 3.73. The first-order valence-electron chi connectivity index (χ1n) is 9.18. The Morgan fingerprint density at radius 2 is 1.63 bits per heavy atom. The molecule has 1 spiro atoms. The van der Waals surface area contributed by atoms with Gasteiger partial charge >= 0.3 is 0 Å². The quantitative estimate of drug-likeness (QED) is 0.463. The molecule has 6 nitrogen and oxygen atoms in total. The van der Waals surface area contributed by atoms with Gasteiger partial charge in [0, 0.05) is 16.7 Å². The Hall–Kier alpha value is -2.28. The second-order valence-corrected chi connectivity index (χ2v) is 8.63. The largest absolute Gasteiger partial charge is 0.307 e. The minimum Gasteiger partial charge on any atom is -0.307 e. The highest BCUT2D eigenvalue weighted by molar-refractivity contribution is 8.15. The van der Waals surface area contributed by atoms with Crippen LogP contribution in [0.3, 0.4) is 0 Å². The average Bonchev–Trinajstić information content (AvgIpc) is 2.72. The molecule has 140 valence electrons. The molecule has 1 aliphatic carbocycles. The monoisotopic (exact) mass is 384 g/mol. The molecule has 2 saturated heterocycles. The van der Waals surface area contributed by atoms with Gasteiger partial charge in [0.05, 0.1) is 5.92 Å². The first-order chi connectivity index (χ1) is 13.0. The van der Waals surface area contributed by atoms with Crippen molar-refractivity contribution in [2.45, 2.75) is 37.4 Å². The Morgan fingerprint density at radius 3 is 2.30 bits per heavy atom. The van der Waals surface area contributed by atoms with Crippen LogP contribution < -0.4 is 5.32 Å². The van der Waals surface area contributed by atoms with Gasteiger partial charge in [0.1, 0.15) is 11.2 Å². The van der Waals surface area contributed by atoms with E-state index in [0.29, 0.717) is 18.4 Å². The molecular weight excluding hydrogens is 364 g/mol. The van der Waals surface area contributed by atoms with Crippen molar-refractivity contribution in [1.82, 2.24) is 5.32 Å². The number of thioether (sulfide) groups is 1. The number of imide groups is 1.